The third-order valence-electron chi connectivity index (χ3n) is 9.22. The zero-order valence-corrected chi connectivity index (χ0v) is 31.5. The summed E-state index contributed by atoms with van der Waals surface area (Å²) < 4.78 is 229. The van der Waals surface area contributed by atoms with Gasteiger partial charge in [-0.1, -0.05) is 30.3 Å². The first kappa shape index (κ1) is 44.0. The van der Waals surface area contributed by atoms with Crippen LogP contribution >= 0.6 is 22.6 Å². The summed E-state index contributed by atoms with van der Waals surface area (Å²) in [5.41, 5.74) is -15.1. The molecule has 0 saturated carbocycles. The van der Waals surface area contributed by atoms with Crippen LogP contribution in [0.15, 0.2) is 66.7 Å². The third-order valence-corrected chi connectivity index (χ3v) is 10.3. The molecular weight excluding hydrogens is 957 g/mol. The summed E-state index contributed by atoms with van der Waals surface area (Å²) >= 11 is 1.54. The van der Waals surface area contributed by atoms with Gasteiger partial charge >= 0.3 is 24.3 Å². The molecule has 10 rings (SSSR count). The van der Waals surface area contributed by atoms with Gasteiger partial charge in [-0.3, -0.25) is 0 Å². The van der Waals surface area contributed by atoms with Crippen LogP contribution in [0.1, 0.15) is 54.1 Å². The van der Waals surface area contributed by atoms with E-state index in [0.717, 1.165) is 12.1 Å². The van der Waals surface area contributed by atoms with E-state index < -0.39 is 147 Å². The molecule has 0 amide bonds. The molecule has 0 fully saturated rings. The van der Waals surface area contributed by atoms with Crippen molar-refractivity contribution in [1.82, 2.24) is 0 Å². The van der Waals surface area contributed by atoms with Crippen molar-refractivity contribution < 1.29 is 90.0 Å². The number of carbonyl (C=O) groups is 2. The molecule has 0 radical (unpaired) electrons. The molecule has 0 spiro atoms. The van der Waals surface area contributed by atoms with Gasteiger partial charge in [-0.15, -0.1) is 0 Å². The lowest BCUT2D eigenvalue weighted by Crippen LogP contribution is -2.54. The summed E-state index contributed by atoms with van der Waals surface area (Å²) in [6.07, 6.45) is -12.4. The van der Waals surface area contributed by atoms with Crippen LogP contribution in [0.2, 0.25) is 0 Å². The van der Waals surface area contributed by atoms with Crippen LogP contribution in [-0.2, 0) is 41.3 Å². The number of hydrogen-bond acceptors (Lipinski definition) is 6. The lowest BCUT2D eigenvalue weighted by molar-refractivity contribution is -0.288. The molecule has 316 valence electrons. The Morgan fingerprint density at radius 2 is 0.700 bits per heavy atom. The van der Waals surface area contributed by atoms with Crippen LogP contribution in [-0.4, -0.2) is 24.3 Å². The van der Waals surface area contributed by atoms with E-state index in [4.69, 9.17) is 9.47 Å². The lowest BCUT2D eigenvalue weighted by atomic mass is 9.72. The summed E-state index contributed by atoms with van der Waals surface area (Å²) in [6, 6.07) is 6.15. The van der Waals surface area contributed by atoms with Crippen molar-refractivity contribution in [2.45, 2.75) is 44.2 Å². The standard InChI is InChI=1S/C39H19F14IO6/c40-26-20-12-57-24-2-1-3-25(34(24)54)58-13-21-28(42)32(46)23(33(47)29(21)43)15-60-36(56)17-6-10-19(11-7-17)37(38(48,49)50,39(51,52)53)18-8-4-16(5-9-18)35(55)59-14-22(30(26)44)31(45)27(20)41/h1-11H,12-15H2. The number of esters is 2. The van der Waals surface area contributed by atoms with E-state index in [-0.39, 0.29) is 39.3 Å². The summed E-state index contributed by atoms with van der Waals surface area (Å²) in [6.45, 7) is -5.48. The molecule has 5 aromatic rings. The number of halogens is 15. The van der Waals surface area contributed by atoms with Gasteiger partial charge in [-0.25, -0.2) is 44.7 Å². The number of hydrogen-bond donors (Lipinski definition) is 0. The Labute approximate surface area is 340 Å². The first-order valence-corrected chi connectivity index (χ1v) is 17.6. The molecule has 0 unspecified atom stereocenters. The van der Waals surface area contributed by atoms with Crippen molar-refractivity contribution in [1.29, 1.82) is 0 Å². The molecular formula is C39H19F14IO6. The van der Waals surface area contributed by atoms with E-state index in [1.165, 1.54) is 28.7 Å². The minimum atomic E-state index is -6.20. The van der Waals surface area contributed by atoms with Crippen molar-refractivity contribution in [3.63, 3.8) is 0 Å². The number of benzene rings is 5. The van der Waals surface area contributed by atoms with Crippen LogP contribution < -0.4 is 9.47 Å². The molecule has 60 heavy (non-hydrogen) atoms. The highest BCUT2D eigenvalue weighted by Crippen LogP contribution is 2.56. The molecule has 0 N–H and O–H groups in total. The number of rotatable bonds is 0. The topological polar surface area (TPSA) is 71.1 Å². The predicted molar refractivity (Wildman–Crippen MR) is 184 cm³/mol. The molecule has 6 nitrogen and oxygen atoms in total. The van der Waals surface area contributed by atoms with Gasteiger partial charge in [0.1, 0.15) is 37.9 Å². The molecule has 0 aromatic heterocycles. The smallest absolute Gasteiger partial charge is 0.411 e. The van der Waals surface area contributed by atoms with Crippen molar-refractivity contribution in [2.24, 2.45) is 0 Å². The zero-order valence-electron chi connectivity index (χ0n) is 29.3. The molecule has 5 aromatic carbocycles. The van der Waals surface area contributed by atoms with Crippen molar-refractivity contribution in [2.75, 3.05) is 0 Å². The van der Waals surface area contributed by atoms with E-state index in [2.05, 4.69) is 9.47 Å². The summed E-state index contributed by atoms with van der Waals surface area (Å²) in [5, 5.41) is 0. The second-order valence-corrected chi connectivity index (χ2v) is 13.7. The van der Waals surface area contributed by atoms with E-state index in [1.807, 2.05) is 0 Å². The Kier molecular flexibility index (Phi) is 12.0. The summed E-state index contributed by atoms with van der Waals surface area (Å²) in [5.74, 6) is -20.2. The van der Waals surface area contributed by atoms with Crippen LogP contribution in [0, 0.1) is 50.1 Å². The van der Waals surface area contributed by atoms with Crippen LogP contribution in [0.5, 0.6) is 11.5 Å². The SMILES string of the molecule is O=C1OCc2c(F)c(F)c(c(F)c2F)COc2cccc(c2I)OCc2c(F)c(F)c(c(F)c2F)COC(=O)c2ccc(cc2)C(C(F)(F)F)(C(F)(F)F)c2ccc1cc2. The van der Waals surface area contributed by atoms with E-state index in [0.29, 0.717) is 24.3 Å². The Balaban J connectivity index is 1.45. The largest absolute Gasteiger partial charge is 0.487 e. The number of carbonyl (C=O) groups excluding carboxylic acids is 2. The highest BCUT2D eigenvalue weighted by Gasteiger charge is 2.72. The fourth-order valence-electron chi connectivity index (χ4n) is 6.10. The molecule has 0 atom stereocenters. The van der Waals surface area contributed by atoms with Crippen LogP contribution in [0.3, 0.4) is 0 Å². The highest BCUT2D eigenvalue weighted by atomic mass is 127. The molecule has 21 heteroatoms. The average Bonchev–Trinajstić information content (AvgIpc) is 3.19. The van der Waals surface area contributed by atoms with Crippen molar-refractivity contribution in [3.05, 3.63) is 161 Å². The fraction of sp³-hybridized carbons (Fsp3) is 0.179. The van der Waals surface area contributed by atoms with E-state index >= 15 is 35.1 Å². The highest BCUT2D eigenvalue weighted by molar-refractivity contribution is 14.1. The Bertz CT molecular complexity index is 2280. The summed E-state index contributed by atoms with van der Waals surface area (Å²) in [7, 11) is 0. The molecule has 5 aliphatic heterocycles. The fourth-order valence-corrected chi connectivity index (χ4v) is 6.77. The third kappa shape index (κ3) is 7.66. The Hall–Kier alpha value is -5.61. The quantitative estimate of drug-likeness (QED) is 0.0666. The first-order chi connectivity index (χ1) is 28.1. The van der Waals surface area contributed by atoms with Gasteiger partial charge in [-0.2, -0.15) is 26.3 Å². The van der Waals surface area contributed by atoms with Crippen LogP contribution in [0.4, 0.5) is 61.5 Å². The van der Waals surface area contributed by atoms with Crippen molar-refractivity contribution >= 4 is 34.5 Å². The van der Waals surface area contributed by atoms with Gasteiger partial charge in [0.15, 0.2) is 46.5 Å². The molecule has 5 aliphatic rings. The zero-order chi connectivity index (χ0) is 44.1. The maximum atomic E-state index is 15.1. The van der Waals surface area contributed by atoms with Gasteiger partial charge in [0.25, 0.3) is 0 Å². The van der Waals surface area contributed by atoms with E-state index in [1.54, 1.807) is 0 Å². The minimum Gasteiger partial charge on any atom is -0.487 e. The average molecular weight is 976 g/mol. The maximum absolute atomic E-state index is 15.1. The second kappa shape index (κ2) is 16.4. The molecule has 5 heterocycles. The molecule has 0 aliphatic carbocycles. The normalized spacial score (nSPS) is 15.1. The maximum Gasteiger partial charge on any atom is 0.411 e. The lowest BCUT2D eigenvalue weighted by Gasteiger charge is -2.38. The molecule has 0 saturated heterocycles. The Morgan fingerprint density at radius 1 is 0.433 bits per heavy atom. The number of fused-ring (bicyclic) bond motifs is 4. The van der Waals surface area contributed by atoms with Gasteiger partial charge in [0.05, 0.1) is 37.0 Å². The van der Waals surface area contributed by atoms with Crippen LogP contribution in [0.25, 0.3) is 0 Å². The van der Waals surface area contributed by atoms with Gasteiger partial charge in [-0.05, 0) is 70.1 Å². The molecule has 10 bridgehead atoms. The minimum absolute atomic E-state index is 0.0751. The van der Waals surface area contributed by atoms with Gasteiger partial charge in [0.2, 0.25) is 5.41 Å². The van der Waals surface area contributed by atoms with E-state index in [9.17, 15) is 35.9 Å². The predicted octanol–water partition coefficient (Wildman–Crippen LogP) is 11.0. The van der Waals surface area contributed by atoms with Crippen molar-refractivity contribution in [3.8, 4) is 11.5 Å². The Morgan fingerprint density at radius 3 is 0.967 bits per heavy atom. The monoisotopic (exact) mass is 976 g/mol. The van der Waals surface area contributed by atoms with Gasteiger partial charge in [0, 0.05) is 0 Å². The number of ether oxygens (including phenoxy) is 4. The first-order valence-electron chi connectivity index (χ1n) is 16.5. The summed E-state index contributed by atoms with van der Waals surface area (Å²) in [4.78, 5) is 25.4. The number of alkyl halides is 6. The van der Waals surface area contributed by atoms with Gasteiger partial charge < -0.3 is 18.9 Å². The second-order valence-electron chi connectivity index (χ2n) is 12.6.